The Labute approximate surface area is 379 Å². The van der Waals surface area contributed by atoms with E-state index in [1.165, 1.54) is 27.2 Å². The molecule has 5 rings (SSSR count). The molecule has 15 heteroatoms. The van der Waals surface area contributed by atoms with Crippen LogP contribution >= 0.6 is 23.2 Å². The van der Waals surface area contributed by atoms with Gasteiger partial charge in [0.05, 0.1) is 44.5 Å². The number of carboxylic acid groups (broad SMARTS) is 1. The van der Waals surface area contributed by atoms with Gasteiger partial charge in [0.1, 0.15) is 23.0 Å². The Morgan fingerprint density at radius 2 is 1.10 bits per heavy atom. The smallest absolute Gasteiger partial charge is 0.331 e. The lowest BCUT2D eigenvalue weighted by Gasteiger charge is -2.16. The topological polar surface area (TPSA) is 174 Å². The Balaban J connectivity index is 0.000000346. The molecule has 1 saturated heterocycles. The molecule has 4 amide bonds. The molecule has 2 atom stereocenters. The van der Waals surface area contributed by atoms with Crippen molar-refractivity contribution in [3.8, 4) is 23.0 Å². The maximum absolute atomic E-state index is 12.7. The molecule has 13 nitrogen and oxygen atoms in total. The number of amides is 4. The molecule has 0 saturated carbocycles. The highest BCUT2D eigenvalue weighted by molar-refractivity contribution is 6.36. The number of carbonyl (C=O) groups is 4. The van der Waals surface area contributed by atoms with Crippen molar-refractivity contribution >= 4 is 80.7 Å². The number of carboxylic acids is 1. The van der Waals surface area contributed by atoms with E-state index in [0.29, 0.717) is 69.3 Å². The van der Waals surface area contributed by atoms with Gasteiger partial charge in [-0.25, -0.2) is 9.59 Å². The summed E-state index contributed by atoms with van der Waals surface area (Å²) in [5.41, 5.74) is 1.78. The van der Waals surface area contributed by atoms with Crippen molar-refractivity contribution in [3.05, 3.63) is 80.8 Å². The Kier molecular flexibility index (Phi) is 19.7. The average molecular weight is 908 g/mol. The van der Waals surface area contributed by atoms with E-state index < -0.39 is 5.97 Å². The van der Waals surface area contributed by atoms with Gasteiger partial charge in [0.15, 0.2) is 0 Å². The van der Waals surface area contributed by atoms with Crippen molar-refractivity contribution < 1.29 is 43.2 Å². The van der Waals surface area contributed by atoms with Crippen LogP contribution in [0, 0.1) is 0 Å². The number of hydrogen-bond acceptors (Lipinski definition) is 8. The third-order valence-electron chi connectivity index (χ3n) is 10.8. The van der Waals surface area contributed by atoms with Gasteiger partial charge in [-0.2, -0.15) is 0 Å². The van der Waals surface area contributed by atoms with E-state index in [1.807, 2.05) is 55.5 Å². The van der Waals surface area contributed by atoms with Crippen LogP contribution in [-0.4, -0.2) is 82.5 Å². The molecule has 0 radical (unpaired) electrons. The molecule has 1 heterocycles. The number of benzene rings is 4. The van der Waals surface area contributed by atoms with Gasteiger partial charge in [0, 0.05) is 69.4 Å². The van der Waals surface area contributed by atoms with Crippen LogP contribution in [0.5, 0.6) is 23.0 Å². The molecule has 1 aliphatic heterocycles. The highest BCUT2D eigenvalue weighted by Crippen LogP contribution is 2.46. The fourth-order valence-corrected chi connectivity index (χ4v) is 8.08. The van der Waals surface area contributed by atoms with Crippen LogP contribution in [0.4, 0.5) is 4.79 Å². The van der Waals surface area contributed by atoms with Crippen LogP contribution in [0.3, 0.4) is 0 Å². The average Bonchev–Trinajstić information content (AvgIpc) is 3.60. The summed E-state index contributed by atoms with van der Waals surface area (Å²) >= 11 is 13.1. The largest absolute Gasteiger partial charge is 0.495 e. The normalized spacial score (nSPS) is 14.9. The number of rotatable bonds is 21. The Hall–Kier alpha value is -5.66. The minimum atomic E-state index is -1.01. The summed E-state index contributed by atoms with van der Waals surface area (Å²) in [6.07, 6.45) is 11.2. The van der Waals surface area contributed by atoms with Crippen molar-refractivity contribution in [1.29, 1.82) is 0 Å². The molecule has 340 valence electrons. The highest BCUT2D eigenvalue weighted by atomic mass is 35.5. The van der Waals surface area contributed by atoms with Gasteiger partial charge in [-0.1, -0.05) is 97.4 Å². The second-order valence-corrected chi connectivity index (χ2v) is 16.0. The molecule has 4 aromatic rings. The fourth-order valence-electron chi connectivity index (χ4n) is 7.44. The number of methoxy groups -OCH3 is 4. The molecule has 63 heavy (non-hydrogen) atoms. The van der Waals surface area contributed by atoms with E-state index in [-0.39, 0.29) is 35.5 Å². The van der Waals surface area contributed by atoms with E-state index in [2.05, 4.69) is 21.3 Å². The van der Waals surface area contributed by atoms with Crippen LogP contribution in [-0.2, 0) is 14.4 Å². The zero-order valence-corrected chi connectivity index (χ0v) is 38.7. The Morgan fingerprint density at radius 3 is 1.54 bits per heavy atom. The minimum absolute atomic E-state index is 0.0921. The number of nitrogens with one attached hydrogen (secondary N) is 4. The number of halogens is 2. The first kappa shape index (κ1) is 50.0. The molecule has 1 aliphatic rings. The Bertz CT molecular complexity index is 2310. The van der Waals surface area contributed by atoms with Gasteiger partial charge in [-0.05, 0) is 58.6 Å². The number of urea groups is 1. The molecule has 0 aliphatic carbocycles. The van der Waals surface area contributed by atoms with E-state index in [1.54, 1.807) is 27.2 Å². The molecule has 1 unspecified atom stereocenters. The lowest BCUT2D eigenvalue weighted by atomic mass is 10.0. The number of hydrogen-bond donors (Lipinski definition) is 5. The van der Waals surface area contributed by atoms with E-state index in [0.717, 1.165) is 72.9 Å². The SMILES string of the molecule is COc1c(Cl)c(/C=C(\C)C(=O)NCCCCCCNC(=O)CCCCCC2NC(=O)N[C@H]2C)c(OC)c2ccccc12.COc1c(Cl)c(/C=C(\C)C(=O)O)c(OC)c2ccccc12. The highest BCUT2D eigenvalue weighted by Gasteiger charge is 2.27. The predicted octanol–water partition coefficient (Wildman–Crippen LogP) is 9.73. The van der Waals surface area contributed by atoms with Gasteiger partial charge in [-0.3, -0.25) is 9.59 Å². The van der Waals surface area contributed by atoms with Crippen LogP contribution in [0.15, 0.2) is 59.7 Å². The van der Waals surface area contributed by atoms with Crippen LogP contribution < -0.4 is 40.2 Å². The zero-order valence-electron chi connectivity index (χ0n) is 37.2. The summed E-state index contributed by atoms with van der Waals surface area (Å²) in [4.78, 5) is 47.2. The van der Waals surface area contributed by atoms with Crippen LogP contribution in [0.25, 0.3) is 33.7 Å². The number of ether oxygens (including phenoxy) is 4. The van der Waals surface area contributed by atoms with E-state index >= 15 is 0 Å². The standard InChI is InChI=1S/C32H45ClN4O5.C16H15ClO4/c1-21(20-25-28(33)30(42-4)24-15-11-10-14-23(24)29(25)41-3)31(39)35-19-13-6-5-12-18-34-27(38)17-9-7-8-16-26-22(2)36-32(40)37-26;1-9(16(18)19)8-12-13(17)15(21-3)11-7-5-4-6-10(11)14(12)20-2/h10-11,14-15,20,22,26H,5-9,12-13,16-19H2,1-4H3,(H,34,38)(H,35,39)(H2,36,37,40);4-8H,1-3H3,(H,18,19)/b21-20+;9-8+/t22-,26?;/m0./s1. The fraction of sp³-hybridized carbons (Fsp3) is 0.417. The lowest BCUT2D eigenvalue weighted by molar-refractivity contribution is -0.132. The number of fused-ring (bicyclic) bond motifs is 2. The van der Waals surface area contributed by atoms with Crippen LogP contribution in [0.1, 0.15) is 89.7 Å². The minimum Gasteiger partial charge on any atom is -0.495 e. The number of unbranched alkanes of at least 4 members (excludes halogenated alkanes) is 5. The monoisotopic (exact) mass is 906 g/mol. The van der Waals surface area contributed by atoms with E-state index in [9.17, 15) is 19.2 Å². The molecule has 0 bridgehead atoms. The van der Waals surface area contributed by atoms with Gasteiger partial charge in [0.25, 0.3) is 0 Å². The molecule has 0 spiro atoms. The van der Waals surface area contributed by atoms with Crippen molar-refractivity contribution in [3.63, 3.8) is 0 Å². The summed E-state index contributed by atoms with van der Waals surface area (Å²) in [6, 6.07) is 15.4. The quantitative estimate of drug-likeness (QED) is 0.0403. The molecule has 1 fully saturated rings. The summed E-state index contributed by atoms with van der Waals surface area (Å²) in [7, 11) is 6.21. The molecule has 0 aromatic heterocycles. The third kappa shape index (κ3) is 13.4. The summed E-state index contributed by atoms with van der Waals surface area (Å²) < 4.78 is 22.1. The maximum atomic E-state index is 12.7. The van der Waals surface area contributed by atoms with Gasteiger partial charge in [0.2, 0.25) is 11.8 Å². The van der Waals surface area contributed by atoms with Crippen molar-refractivity contribution in [2.45, 2.75) is 90.6 Å². The van der Waals surface area contributed by atoms with Crippen molar-refractivity contribution in [2.75, 3.05) is 41.5 Å². The zero-order chi connectivity index (χ0) is 46.1. The first-order valence-corrected chi connectivity index (χ1v) is 21.9. The molecular formula is C48H60Cl2N4O9. The number of carbonyl (C=O) groups excluding carboxylic acids is 3. The first-order valence-electron chi connectivity index (χ1n) is 21.1. The molecule has 4 aromatic carbocycles. The summed E-state index contributed by atoms with van der Waals surface area (Å²) in [6.45, 7) is 6.50. The van der Waals surface area contributed by atoms with Gasteiger partial charge >= 0.3 is 12.0 Å². The number of aliphatic carboxylic acids is 1. The lowest BCUT2D eigenvalue weighted by Crippen LogP contribution is -2.30. The van der Waals surface area contributed by atoms with Crippen molar-refractivity contribution in [2.24, 2.45) is 0 Å². The second-order valence-electron chi connectivity index (χ2n) is 15.3. The summed E-state index contributed by atoms with van der Waals surface area (Å²) in [5, 5.41) is 24.9. The van der Waals surface area contributed by atoms with Gasteiger partial charge in [-0.15, -0.1) is 0 Å². The summed E-state index contributed by atoms with van der Waals surface area (Å²) in [5.74, 6) is 1.08. The van der Waals surface area contributed by atoms with Crippen molar-refractivity contribution in [1.82, 2.24) is 21.3 Å². The molecule has 5 N–H and O–H groups in total. The first-order chi connectivity index (χ1) is 30.3. The Morgan fingerprint density at radius 1 is 0.651 bits per heavy atom. The third-order valence-corrected chi connectivity index (χ3v) is 11.6. The molecular weight excluding hydrogens is 847 g/mol. The second kappa shape index (κ2) is 24.8. The van der Waals surface area contributed by atoms with E-state index in [4.69, 9.17) is 47.3 Å². The maximum Gasteiger partial charge on any atom is 0.331 e. The predicted molar refractivity (Wildman–Crippen MR) is 252 cm³/mol. The van der Waals surface area contributed by atoms with Gasteiger partial charge < -0.3 is 45.3 Å². The van der Waals surface area contributed by atoms with Crippen LogP contribution in [0.2, 0.25) is 10.0 Å².